The number of hydrogen-bond acceptors (Lipinski definition) is 8. The Hall–Kier alpha value is -3.47. The van der Waals surface area contributed by atoms with E-state index < -0.39 is 11.4 Å². The fourth-order valence-electron chi connectivity index (χ4n) is 7.47. The number of nitrogens with one attached hydrogen (secondary N) is 1. The lowest BCUT2D eigenvalue weighted by atomic mass is 9.71. The van der Waals surface area contributed by atoms with Crippen LogP contribution in [0.1, 0.15) is 97.3 Å². The molecule has 258 valence electrons. The van der Waals surface area contributed by atoms with Crippen LogP contribution in [0, 0.1) is 17.2 Å². The Balaban J connectivity index is 1.13. The molecule has 3 fully saturated rings. The number of ether oxygens (including phenoxy) is 2. The second-order valence-electron chi connectivity index (χ2n) is 15.4. The first-order valence-electron chi connectivity index (χ1n) is 17.3. The summed E-state index contributed by atoms with van der Waals surface area (Å²) in [5.74, 6) is 1.34. The van der Waals surface area contributed by atoms with Crippen molar-refractivity contribution in [3.8, 4) is 11.5 Å². The fraction of sp³-hybridized carbons (Fsp3) is 0.667. The largest absolute Gasteiger partial charge is 0.451 e. The standard InChI is InChI=1S/C36H53FN6O4/c1-24(2)43(25(3)4)33(44)29-18-27(37)10-13-30(29)46-31-19-38-23-39-32(31)42-21-36(22-42)14-16-41(17-15-36)20-26-8-11-28(12-9-26)40-34(45)47-35(5,6)7/h10,13,18-19,23-26,28H,8-9,11-12,14-17,20-22H2,1-7H3,(H,40,45). The van der Waals surface area contributed by atoms with Gasteiger partial charge >= 0.3 is 6.09 Å². The van der Waals surface area contributed by atoms with Crippen molar-refractivity contribution in [2.75, 3.05) is 37.6 Å². The number of anilines is 1. The average molecular weight is 653 g/mol. The summed E-state index contributed by atoms with van der Waals surface area (Å²) >= 11 is 0. The molecule has 10 nitrogen and oxygen atoms in total. The van der Waals surface area contributed by atoms with Gasteiger partial charge in [0, 0.05) is 43.2 Å². The molecular formula is C36H53FN6O4. The number of hydrogen-bond donors (Lipinski definition) is 1. The van der Waals surface area contributed by atoms with Crippen LogP contribution in [0.2, 0.25) is 0 Å². The van der Waals surface area contributed by atoms with Crippen LogP contribution in [0.3, 0.4) is 0 Å². The van der Waals surface area contributed by atoms with Crippen LogP contribution in [0.5, 0.6) is 11.5 Å². The van der Waals surface area contributed by atoms with E-state index in [0.29, 0.717) is 17.5 Å². The van der Waals surface area contributed by atoms with Gasteiger partial charge < -0.3 is 29.5 Å². The first kappa shape index (κ1) is 34.9. The fourth-order valence-corrected chi connectivity index (χ4v) is 7.47. The molecular weight excluding hydrogens is 599 g/mol. The van der Waals surface area contributed by atoms with Crippen LogP contribution in [-0.2, 0) is 4.74 Å². The number of rotatable bonds is 9. The predicted molar refractivity (Wildman–Crippen MR) is 180 cm³/mol. The van der Waals surface area contributed by atoms with E-state index in [2.05, 4.69) is 25.1 Å². The summed E-state index contributed by atoms with van der Waals surface area (Å²) in [5, 5.41) is 3.05. The van der Waals surface area contributed by atoms with Gasteiger partial charge in [-0.3, -0.25) is 4.79 Å². The number of nitrogens with zero attached hydrogens (tertiary/aromatic N) is 5. The summed E-state index contributed by atoms with van der Waals surface area (Å²) < 4.78 is 26.1. The van der Waals surface area contributed by atoms with E-state index in [9.17, 15) is 14.0 Å². The van der Waals surface area contributed by atoms with Crippen molar-refractivity contribution in [2.45, 2.75) is 111 Å². The van der Waals surface area contributed by atoms with Crippen LogP contribution in [0.4, 0.5) is 15.0 Å². The minimum atomic E-state index is -0.489. The maximum atomic E-state index is 14.4. The number of benzene rings is 1. The molecule has 5 rings (SSSR count). The smallest absolute Gasteiger partial charge is 0.407 e. The number of amides is 2. The zero-order valence-electron chi connectivity index (χ0n) is 29.2. The summed E-state index contributed by atoms with van der Waals surface area (Å²) in [7, 11) is 0. The molecule has 2 aliphatic heterocycles. The normalized spacial score (nSPS) is 21.4. The van der Waals surface area contributed by atoms with Crippen LogP contribution in [-0.4, -0.2) is 88.2 Å². The number of aromatic nitrogens is 2. The van der Waals surface area contributed by atoms with Crippen LogP contribution in [0.15, 0.2) is 30.7 Å². The van der Waals surface area contributed by atoms with Crippen molar-refractivity contribution in [1.29, 1.82) is 0 Å². The second kappa shape index (κ2) is 14.3. The van der Waals surface area contributed by atoms with Gasteiger partial charge in [-0.1, -0.05) is 0 Å². The number of likely N-dealkylation sites (tertiary alicyclic amines) is 1. The van der Waals surface area contributed by atoms with Crippen molar-refractivity contribution in [3.05, 3.63) is 42.1 Å². The van der Waals surface area contributed by atoms with E-state index in [1.807, 2.05) is 48.5 Å². The Morgan fingerprint density at radius 3 is 2.32 bits per heavy atom. The highest BCUT2D eigenvalue weighted by molar-refractivity contribution is 5.97. The number of carbonyl (C=O) groups is 2. The van der Waals surface area contributed by atoms with Gasteiger partial charge in [0.1, 0.15) is 23.5 Å². The summed E-state index contributed by atoms with van der Waals surface area (Å²) in [6, 6.07) is 4.16. The molecule has 1 N–H and O–H groups in total. The zero-order valence-corrected chi connectivity index (χ0v) is 29.2. The summed E-state index contributed by atoms with van der Waals surface area (Å²) in [4.78, 5) is 41.0. The number of halogens is 1. The van der Waals surface area contributed by atoms with E-state index in [4.69, 9.17) is 9.47 Å². The minimum Gasteiger partial charge on any atom is -0.451 e. The van der Waals surface area contributed by atoms with E-state index in [-0.39, 0.29) is 46.9 Å². The minimum absolute atomic E-state index is 0.0546. The molecule has 47 heavy (non-hydrogen) atoms. The lowest BCUT2D eigenvalue weighted by Crippen LogP contribution is -2.61. The van der Waals surface area contributed by atoms with Crippen molar-refractivity contribution < 1.29 is 23.5 Å². The lowest BCUT2D eigenvalue weighted by molar-refractivity contribution is 0.0465. The molecule has 0 bridgehead atoms. The molecule has 1 aromatic carbocycles. The van der Waals surface area contributed by atoms with Gasteiger partial charge in [0.2, 0.25) is 0 Å². The number of carbonyl (C=O) groups excluding carboxylic acids is 2. The topological polar surface area (TPSA) is 100 Å². The SMILES string of the molecule is CC(C)N(C(=O)c1cc(F)ccc1Oc1cncnc1N1CC2(CCN(CC3CCC(NC(=O)OC(C)(C)C)CC3)CC2)C1)C(C)C. The van der Waals surface area contributed by atoms with Crippen molar-refractivity contribution in [1.82, 2.24) is 25.1 Å². The molecule has 3 aliphatic rings. The van der Waals surface area contributed by atoms with E-state index in [1.54, 1.807) is 11.1 Å². The van der Waals surface area contributed by atoms with Crippen molar-refractivity contribution in [2.24, 2.45) is 11.3 Å². The average Bonchev–Trinajstić information content (AvgIpc) is 2.97. The highest BCUT2D eigenvalue weighted by Crippen LogP contribution is 2.45. The molecule has 1 saturated carbocycles. The Kier molecular flexibility index (Phi) is 10.6. The third kappa shape index (κ3) is 8.72. The Bertz CT molecular complexity index is 1380. The molecule has 0 atom stereocenters. The molecule has 0 radical (unpaired) electrons. The van der Waals surface area contributed by atoms with Crippen LogP contribution in [0.25, 0.3) is 0 Å². The van der Waals surface area contributed by atoms with Crippen molar-refractivity contribution in [3.63, 3.8) is 0 Å². The molecule has 1 aromatic heterocycles. The monoisotopic (exact) mass is 652 g/mol. The van der Waals surface area contributed by atoms with Gasteiger partial charge in [-0.15, -0.1) is 0 Å². The molecule has 2 aromatic rings. The van der Waals surface area contributed by atoms with Gasteiger partial charge in [-0.2, -0.15) is 0 Å². The highest BCUT2D eigenvalue weighted by Gasteiger charge is 2.46. The first-order chi connectivity index (χ1) is 22.2. The third-order valence-corrected chi connectivity index (χ3v) is 9.75. The Morgan fingerprint density at radius 2 is 1.70 bits per heavy atom. The maximum Gasteiger partial charge on any atom is 0.407 e. The second-order valence-corrected chi connectivity index (χ2v) is 15.4. The van der Waals surface area contributed by atoms with Crippen LogP contribution < -0.4 is 15.0 Å². The molecule has 1 aliphatic carbocycles. The van der Waals surface area contributed by atoms with E-state index >= 15 is 0 Å². The molecule has 2 amide bonds. The molecule has 1 spiro atoms. The lowest BCUT2D eigenvalue weighted by Gasteiger charge is -2.54. The van der Waals surface area contributed by atoms with Gasteiger partial charge in [0.25, 0.3) is 5.91 Å². The van der Waals surface area contributed by atoms with E-state index in [1.165, 1.54) is 24.5 Å². The predicted octanol–water partition coefficient (Wildman–Crippen LogP) is 6.65. The summed E-state index contributed by atoms with van der Waals surface area (Å²) in [6.07, 6.45) is 9.35. The molecule has 2 saturated heterocycles. The highest BCUT2D eigenvalue weighted by atomic mass is 19.1. The maximum absolute atomic E-state index is 14.4. The molecule has 11 heteroatoms. The zero-order chi connectivity index (χ0) is 33.9. The molecule has 0 unspecified atom stereocenters. The Morgan fingerprint density at radius 1 is 1.04 bits per heavy atom. The van der Waals surface area contributed by atoms with Gasteiger partial charge in [-0.05, 0) is 124 Å². The molecule has 3 heterocycles. The first-order valence-corrected chi connectivity index (χ1v) is 17.3. The van der Waals surface area contributed by atoms with Crippen LogP contribution >= 0.6 is 0 Å². The summed E-state index contributed by atoms with van der Waals surface area (Å²) in [6.45, 7) is 18.5. The summed E-state index contributed by atoms with van der Waals surface area (Å²) in [5.41, 5.74) is -0.0456. The van der Waals surface area contributed by atoms with Gasteiger partial charge in [-0.25, -0.2) is 19.2 Å². The third-order valence-electron chi connectivity index (χ3n) is 9.75. The quantitative estimate of drug-likeness (QED) is 0.322. The van der Waals surface area contributed by atoms with Crippen molar-refractivity contribution >= 4 is 17.8 Å². The van der Waals surface area contributed by atoms with Gasteiger partial charge in [0.05, 0.1) is 11.8 Å². The number of piperidine rings is 1. The number of alkyl carbamates (subject to hydrolysis) is 1. The van der Waals surface area contributed by atoms with E-state index in [0.717, 1.165) is 71.2 Å². The Labute approximate surface area is 279 Å². The van der Waals surface area contributed by atoms with Gasteiger partial charge in [0.15, 0.2) is 11.6 Å².